The van der Waals surface area contributed by atoms with Crippen LogP contribution in [0.4, 0.5) is 0 Å². The molecular formula is C53H90O45. The van der Waals surface area contributed by atoms with Gasteiger partial charge in [-0.3, -0.25) is 0 Å². The van der Waals surface area contributed by atoms with Crippen molar-refractivity contribution < 1.29 is 224 Å². The molecule has 0 saturated carbocycles. The SMILES string of the molecule is OCC1O[C@H](OC2C(O)[C@H](O)C(CO)O[C@@H]2OC2C(O)[C@H](O)C(CO)O[C@@H]2O[C@@H]2C(O)[C@H](O)OC(CO[C@H]3OC(CO[C@H]4OC(CO)[C@@H](O)[C@H](O)C4O[C@H]4OC(CO)[C@@H](O)[C@H](O)C4O)[C@@H](O)[C@H](O[C@H]4OC[C@@H](O)C(O)C4O[C@H]4OC(CO)[C@@H](O)C(O)C4O)C3O)[C@H]2O)C(O)C(O)[C@@H]1O. The first-order valence-corrected chi connectivity index (χ1v) is 31.1. The van der Waals surface area contributed by atoms with Crippen LogP contribution in [0.25, 0.3) is 0 Å². The average molecular weight is 1450 g/mol. The monoisotopic (exact) mass is 1450 g/mol. The first-order chi connectivity index (χ1) is 46.4. The Balaban J connectivity index is 0.972. The van der Waals surface area contributed by atoms with Crippen molar-refractivity contribution in [3.8, 4) is 0 Å². The topological polar surface area (TPSA) is 723 Å². The van der Waals surface area contributed by atoms with Gasteiger partial charge in [-0.25, -0.2) is 0 Å². The molecule has 9 heterocycles. The molecule has 45 nitrogen and oxygen atoms in total. The first kappa shape index (κ1) is 80.3. The summed E-state index contributed by atoms with van der Waals surface area (Å²) in [6, 6.07) is 0. The minimum absolute atomic E-state index is 0.795. The fraction of sp³-hybridized carbons (Fsp3) is 1.00. The Morgan fingerprint density at radius 1 is 0.214 bits per heavy atom. The van der Waals surface area contributed by atoms with E-state index in [1.807, 2.05) is 0 Å². The zero-order valence-electron chi connectivity index (χ0n) is 51.2. The Labute approximate surface area is 552 Å². The highest BCUT2D eigenvalue weighted by Crippen LogP contribution is 2.39. The Bertz CT molecular complexity index is 2400. The molecule has 9 fully saturated rings. The number of aliphatic hydroxyl groups is 28. The molecule has 0 spiro atoms. The number of rotatable bonds is 24. The minimum atomic E-state index is -2.42. The van der Waals surface area contributed by atoms with Gasteiger partial charge in [0.15, 0.2) is 56.6 Å². The summed E-state index contributed by atoms with van der Waals surface area (Å²) in [5.74, 6) is 0. The third-order valence-corrected chi connectivity index (χ3v) is 18.3. The van der Waals surface area contributed by atoms with Crippen LogP contribution in [0.1, 0.15) is 0 Å². The van der Waals surface area contributed by atoms with E-state index in [4.69, 9.17) is 80.5 Å². The van der Waals surface area contributed by atoms with E-state index in [1.54, 1.807) is 0 Å². The van der Waals surface area contributed by atoms with Crippen LogP contribution in [-0.4, -0.2) is 473 Å². The molecule has 9 aliphatic heterocycles. The summed E-state index contributed by atoms with van der Waals surface area (Å²) in [5.41, 5.74) is 0. The van der Waals surface area contributed by atoms with Crippen molar-refractivity contribution in [3.05, 3.63) is 0 Å². The molecule has 9 rings (SSSR count). The number of ether oxygens (including phenoxy) is 17. The summed E-state index contributed by atoms with van der Waals surface area (Å²) in [6.07, 6.45) is -90.9. The normalized spacial score (nSPS) is 53.8. The first-order valence-electron chi connectivity index (χ1n) is 31.1. The highest BCUT2D eigenvalue weighted by molar-refractivity contribution is 5.01. The van der Waals surface area contributed by atoms with E-state index in [-0.39, 0.29) is 0 Å². The largest absolute Gasteiger partial charge is 0.394 e. The lowest BCUT2D eigenvalue weighted by molar-refractivity contribution is -0.404. The predicted octanol–water partition coefficient (Wildman–Crippen LogP) is -20.0. The van der Waals surface area contributed by atoms with E-state index in [0.29, 0.717) is 0 Å². The zero-order chi connectivity index (χ0) is 71.8. The van der Waals surface area contributed by atoms with E-state index in [0.717, 1.165) is 0 Å². The van der Waals surface area contributed by atoms with Crippen molar-refractivity contribution in [1.29, 1.82) is 0 Å². The van der Waals surface area contributed by atoms with Gasteiger partial charge in [0, 0.05) is 0 Å². The van der Waals surface area contributed by atoms with Crippen molar-refractivity contribution in [2.24, 2.45) is 0 Å². The van der Waals surface area contributed by atoms with Crippen molar-refractivity contribution >= 4 is 0 Å². The Morgan fingerprint density at radius 3 is 0.878 bits per heavy atom. The molecule has 0 amide bonds. The van der Waals surface area contributed by atoms with Crippen LogP contribution in [0.5, 0.6) is 0 Å². The standard InChI is InChI=1S/C53H90O45/c54-1-11-20(62)28(70)34(76)47(86-11)95-41-19(61)10(60)7-82-51(41)93-40-27(69)18(9-84-50-42(31(73)23(65)14(4-57)89-50)96-48-35(77)29(71)21(63)12(2-55)87-48)92-46(38(40)80)83-8-17-26(68)39(37(79)45(81)85-17)94-52-44(33(75)25(67)15(5-58)90-52)98-53-43(32(74)24(66)16(6-59)91-53)97-49-36(78)30(72)22(64)13(3-56)88-49/h10-81H,1-9H2/t10-,11?,12?,13?,14?,15?,16?,17?,18?,19?,20-,21-,22-,23-,24-,25-,26-,27-,28?,29+,30?,31+,32?,33?,34?,35?,36?,37?,38?,39+,40+,41?,42?,43?,44?,45-,46+,47-,48-,49-,50+,51-,52-,53-/m1/s1. The van der Waals surface area contributed by atoms with Gasteiger partial charge < -0.3 is 224 Å². The second-order valence-corrected chi connectivity index (χ2v) is 24.8. The van der Waals surface area contributed by atoms with Crippen LogP contribution in [0, 0.1) is 0 Å². The van der Waals surface area contributed by atoms with Crippen molar-refractivity contribution in [1.82, 2.24) is 0 Å². The number of hydrogen-bond donors (Lipinski definition) is 28. The molecule has 0 aromatic carbocycles. The Hall–Kier alpha value is -1.80. The van der Waals surface area contributed by atoms with Gasteiger partial charge in [0.2, 0.25) is 0 Å². The van der Waals surface area contributed by atoms with E-state index in [1.165, 1.54) is 0 Å². The fourth-order valence-electron chi connectivity index (χ4n) is 12.4. The second kappa shape index (κ2) is 34.6. The summed E-state index contributed by atoms with van der Waals surface area (Å²) >= 11 is 0. The summed E-state index contributed by atoms with van der Waals surface area (Å²) in [7, 11) is 0. The molecule has 0 bridgehead atoms. The van der Waals surface area contributed by atoms with Crippen LogP contribution in [-0.2, 0) is 80.5 Å². The zero-order valence-corrected chi connectivity index (χ0v) is 51.2. The van der Waals surface area contributed by atoms with E-state index in [2.05, 4.69) is 0 Å². The predicted molar refractivity (Wildman–Crippen MR) is 291 cm³/mol. The molecular weight excluding hydrogens is 1360 g/mol. The molecule has 0 aromatic heterocycles. The molecule has 9 saturated heterocycles. The number of hydrogen-bond acceptors (Lipinski definition) is 45. The molecule has 45 heteroatoms. The Morgan fingerprint density at radius 2 is 0.490 bits per heavy atom. The molecule has 44 atom stereocenters. The highest BCUT2D eigenvalue weighted by Gasteiger charge is 2.59. The molecule has 9 aliphatic rings. The number of aliphatic hydroxyl groups excluding tert-OH is 28. The Kier molecular flexibility index (Phi) is 28.4. The van der Waals surface area contributed by atoms with E-state index >= 15 is 0 Å². The lowest BCUT2D eigenvalue weighted by atomic mass is 9.95. The lowest BCUT2D eigenvalue weighted by Gasteiger charge is -2.49. The van der Waals surface area contributed by atoms with Gasteiger partial charge in [-0.2, -0.15) is 0 Å². The van der Waals surface area contributed by atoms with E-state index in [9.17, 15) is 143 Å². The maximum atomic E-state index is 12.1. The van der Waals surface area contributed by atoms with Crippen LogP contribution < -0.4 is 0 Å². The fourth-order valence-corrected chi connectivity index (χ4v) is 12.4. The summed E-state index contributed by atoms with van der Waals surface area (Å²) in [4.78, 5) is 0. The van der Waals surface area contributed by atoms with Gasteiger partial charge in [-0.15, -0.1) is 0 Å². The smallest absolute Gasteiger partial charge is 0.187 e. The van der Waals surface area contributed by atoms with Crippen LogP contribution in [0.3, 0.4) is 0 Å². The summed E-state index contributed by atoms with van der Waals surface area (Å²) in [6.45, 7) is -9.04. The third kappa shape index (κ3) is 16.7. The van der Waals surface area contributed by atoms with Gasteiger partial charge in [0.25, 0.3) is 0 Å². The van der Waals surface area contributed by atoms with Crippen molar-refractivity contribution in [2.75, 3.05) is 59.5 Å². The van der Waals surface area contributed by atoms with Gasteiger partial charge in [-0.05, 0) is 0 Å². The lowest BCUT2D eigenvalue weighted by Crippen LogP contribution is -2.68. The summed E-state index contributed by atoms with van der Waals surface area (Å²) in [5, 5.41) is 303. The summed E-state index contributed by atoms with van der Waals surface area (Å²) < 4.78 is 97.1. The molecule has 572 valence electrons. The van der Waals surface area contributed by atoms with Crippen LogP contribution in [0.2, 0.25) is 0 Å². The van der Waals surface area contributed by atoms with Gasteiger partial charge in [-0.1, -0.05) is 0 Å². The molecule has 0 radical (unpaired) electrons. The minimum Gasteiger partial charge on any atom is -0.394 e. The van der Waals surface area contributed by atoms with Gasteiger partial charge >= 0.3 is 0 Å². The van der Waals surface area contributed by atoms with E-state index < -0.39 is 330 Å². The van der Waals surface area contributed by atoms with Crippen molar-refractivity contribution in [2.45, 2.75) is 270 Å². The molecule has 98 heavy (non-hydrogen) atoms. The second-order valence-electron chi connectivity index (χ2n) is 24.8. The quantitative estimate of drug-likeness (QED) is 0.0427. The molecule has 28 N–H and O–H groups in total. The van der Waals surface area contributed by atoms with Crippen LogP contribution >= 0.6 is 0 Å². The van der Waals surface area contributed by atoms with Gasteiger partial charge in [0.1, 0.15) is 214 Å². The molecule has 0 aromatic rings. The average Bonchev–Trinajstić information content (AvgIpc) is 0.765. The highest BCUT2D eigenvalue weighted by atomic mass is 16.8. The molecule has 22 unspecified atom stereocenters. The van der Waals surface area contributed by atoms with Gasteiger partial charge in [0.05, 0.1) is 59.5 Å². The van der Waals surface area contributed by atoms with Crippen molar-refractivity contribution in [3.63, 3.8) is 0 Å². The third-order valence-electron chi connectivity index (χ3n) is 18.3. The molecule has 0 aliphatic carbocycles. The van der Waals surface area contributed by atoms with Crippen LogP contribution in [0.15, 0.2) is 0 Å². The maximum absolute atomic E-state index is 12.1. The maximum Gasteiger partial charge on any atom is 0.187 e.